The molecule has 0 amide bonds. The third-order valence-electron chi connectivity index (χ3n) is 12.3. The van der Waals surface area contributed by atoms with E-state index in [1.165, 1.54) is 17.0 Å². The van der Waals surface area contributed by atoms with Crippen LogP contribution in [0, 0.1) is 5.92 Å². The van der Waals surface area contributed by atoms with Crippen LogP contribution in [-0.2, 0) is 34.6 Å². The molecule has 2 N–H and O–H groups in total. The average Bonchev–Trinajstić information content (AvgIpc) is 3.71. The number of aliphatic hydroxyl groups excluding tert-OH is 1. The van der Waals surface area contributed by atoms with Gasteiger partial charge >= 0.3 is 0 Å². The number of sulfonamides is 1. The molecule has 5 aromatic carbocycles. The fraction of sp³-hybridized carbons (Fsp3) is 0.327. The Balaban J connectivity index is 0.874. The summed E-state index contributed by atoms with van der Waals surface area (Å²) in [5, 5.41) is 10.6. The lowest BCUT2D eigenvalue weighted by Gasteiger charge is -2.37. The highest BCUT2D eigenvalue weighted by molar-refractivity contribution is 7.99. The van der Waals surface area contributed by atoms with Gasteiger partial charge in [0.25, 0.3) is 10.0 Å². The van der Waals surface area contributed by atoms with Gasteiger partial charge in [0.2, 0.25) is 0 Å². The maximum atomic E-state index is 13.6. The quantitative estimate of drug-likeness (QED) is 0.0675. The maximum Gasteiger partial charge on any atom is 0.261 e. The lowest BCUT2D eigenvalue weighted by molar-refractivity contribution is 0.0801. The van der Waals surface area contributed by atoms with Gasteiger partial charge in [-0.05, 0) is 134 Å². The van der Waals surface area contributed by atoms with E-state index in [1.807, 2.05) is 72.5 Å². The summed E-state index contributed by atoms with van der Waals surface area (Å²) in [4.78, 5) is 12.9. The van der Waals surface area contributed by atoms with E-state index in [0.717, 1.165) is 111 Å². The number of halogens is 1. The van der Waals surface area contributed by atoms with Gasteiger partial charge in [0.05, 0.1) is 28.7 Å². The molecular formula is C49H54ClN6O5S3-. The summed E-state index contributed by atoms with van der Waals surface area (Å²) in [6.45, 7) is 5.86. The second-order valence-electron chi connectivity index (χ2n) is 16.6. The number of hydrogen-bond donors (Lipinski definition) is 2. The van der Waals surface area contributed by atoms with Crippen LogP contribution in [-0.4, -0.2) is 94.4 Å². The molecule has 1 unspecified atom stereocenters. The van der Waals surface area contributed by atoms with E-state index in [1.54, 1.807) is 30.0 Å². The number of thioether (sulfide) groups is 1. The summed E-state index contributed by atoms with van der Waals surface area (Å²) >= 11 is 5.34. The van der Waals surface area contributed by atoms with Gasteiger partial charge < -0.3 is 28.9 Å². The predicted octanol–water partition coefficient (Wildman–Crippen LogP) is 8.96. The molecule has 2 aliphatic rings. The van der Waals surface area contributed by atoms with Gasteiger partial charge in [0, 0.05) is 95.1 Å². The van der Waals surface area contributed by atoms with Crippen LogP contribution in [0.4, 0.5) is 17.1 Å². The lowest BCUT2D eigenvalue weighted by Crippen LogP contribution is -2.46. The van der Waals surface area contributed by atoms with Crippen LogP contribution in [0.3, 0.4) is 0 Å². The third kappa shape index (κ3) is 11.6. The molecule has 8 rings (SSSR count). The monoisotopic (exact) mass is 937 g/mol. The van der Waals surface area contributed by atoms with Gasteiger partial charge in [0.15, 0.2) is 0 Å². The molecule has 2 atom stereocenters. The molecule has 0 spiro atoms. The first kappa shape index (κ1) is 45.9. The Morgan fingerprint density at radius 3 is 2.23 bits per heavy atom. The molecule has 6 aromatic rings. The summed E-state index contributed by atoms with van der Waals surface area (Å²) in [6, 6.07) is 38.3. The molecule has 1 aromatic heterocycles. The SMILES string of the molecule is Cn1cnc(-c2cccc(N3CCN(c4ccc(NS(=O)(=O)c5ccc(CC[C@H](CCN6CCC(O)CC6)CSc6ccccc6)c(S(=O)[O-])c5)cc4)CC3)c2)c1-c1ccc(Cl)cc1. The van der Waals surface area contributed by atoms with Crippen molar-refractivity contribution in [3.05, 3.63) is 138 Å². The number of rotatable bonds is 17. The van der Waals surface area contributed by atoms with Crippen LogP contribution in [0.5, 0.6) is 0 Å². The Bertz CT molecular complexity index is 2620. The van der Waals surface area contributed by atoms with Crippen molar-refractivity contribution in [2.45, 2.75) is 52.9 Å². The summed E-state index contributed by atoms with van der Waals surface area (Å²) in [7, 11) is -2.09. The van der Waals surface area contributed by atoms with E-state index in [9.17, 15) is 22.3 Å². The second-order valence-corrected chi connectivity index (χ2v) is 20.8. The van der Waals surface area contributed by atoms with Gasteiger partial charge in [0.1, 0.15) is 0 Å². The van der Waals surface area contributed by atoms with Crippen molar-refractivity contribution in [2.75, 3.05) is 66.1 Å². The lowest BCUT2D eigenvalue weighted by atomic mass is 9.97. The highest BCUT2D eigenvalue weighted by Gasteiger charge is 2.23. The Kier molecular flexibility index (Phi) is 15.1. The Morgan fingerprint density at radius 2 is 1.53 bits per heavy atom. The molecule has 0 aliphatic carbocycles. The van der Waals surface area contributed by atoms with Gasteiger partial charge in [-0.1, -0.05) is 60.1 Å². The molecule has 336 valence electrons. The molecule has 2 fully saturated rings. The predicted molar refractivity (Wildman–Crippen MR) is 260 cm³/mol. The minimum absolute atomic E-state index is 0.00277. The molecule has 0 saturated carbocycles. The van der Waals surface area contributed by atoms with Crippen molar-refractivity contribution in [1.82, 2.24) is 14.5 Å². The molecule has 11 nitrogen and oxygen atoms in total. The number of likely N-dealkylation sites (tertiary alicyclic amines) is 1. The maximum absolute atomic E-state index is 13.6. The highest BCUT2D eigenvalue weighted by Crippen LogP contribution is 2.34. The number of nitrogens with one attached hydrogen (secondary N) is 1. The van der Waals surface area contributed by atoms with Gasteiger partial charge in [-0.15, -0.1) is 11.8 Å². The number of hydrogen-bond acceptors (Lipinski definition) is 10. The van der Waals surface area contributed by atoms with E-state index in [-0.39, 0.29) is 15.9 Å². The number of aryl methyl sites for hydroxylation is 2. The standard InChI is InChI=1S/C49H55ClN6O5S3/c1-53-35-51-48(49(53)38-12-15-40(50)16-13-38)39-6-5-7-43(32-39)56-30-28-55(29-31-56)42-19-17-41(18-20-42)52-64(60,61)46-21-14-37(47(33-46)63(58)59)11-10-36(34-62-45-8-3-2-4-9-45)22-25-54-26-23-44(57)24-27-54/h2-9,12-21,32-33,35-36,44,52,57H,10-11,22-31,34H2,1H3,(H,58,59)/p-1/t36-/m1/s1. The summed E-state index contributed by atoms with van der Waals surface area (Å²) in [5.41, 5.74) is 7.13. The summed E-state index contributed by atoms with van der Waals surface area (Å²) in [6.07, 6.45) is 5.41. The van der Waals surface area contributed by atoms with Crippen LogP contribution in [0.1, 0.15) is 31.2 Å². The number of anilines is 3. The number of aliphatic hydroxyl groups is 1. The van der Waals surface area contributed by atoms with Crippen LogP contribution < -0.4 is 14.5 Å². The van der Waals surface area contributed by atoms with Crippen LogP contribution in [0.15, 0.2) is 142 Å². The molecular weight excluding hydrogens is 884 g/mol. The van der Waals surface area contributed by atoms with Crippen molar-refractivity contribution in [1.29, 1.82) is 0 Å². The molecule has 15 heteroatoms. The summed E-state index contributed by atoms with van der Waals surface area (Å²) < 4.78 is 57.1. The van der Waals surface area contributed by atoms with Crippen molar-refractivity contribution >= 4 is 61.5 Å². The molecule has 0 radical (unpaired) electrons. The zero-order valence-corrected chi connectivity index (χ0v) is 39.1. The second kappa shape index (κ2) is 21.1. The largest absolute Gasteiger partial charge is 0.768 e. The van der Waals surface area contributed by atoms with Crippen LogP contribution >= 0.6 is 23.4 Å². The Labute approximate surface area is 388 Å². The van der Waals surface area contributed by atoms with E-state index < -0.39 is 21.1 Å². The smallest absolute Gasteiger partial charge is 0.261 e. The molecule has 2 saturated heterocycles. The highest BCUT2D eigenvalue weighted by atomic mass is 35.5. The fourth-order valence-corrected chi connectivity index (χ4v) is 11.6. The zero-order chi connectivity index (χ0) is 44.6. The molecule has 0 bridgehead atoms. The zero-order valence-electron chi connectivity index (χ0n) is 35.9. The van der Waals surface area contributed by atoms with Crippen LogP contribution in [0.25, 0.3) is 22.5 Å². The first-order valence-corrected chi connectivity index (χ1v) is 25.7. The van der Waals surface area contributed by atoms with Crippen molar-refractivity contribution in [2.24, 2.45) is 13.0 Å². The first-order chi connectivity index (χ1) is 31.0. The first-order valence-electron chi connectivity index (χ1n) is 21.8. The molecule has 3 heterocycles. The molecule has 2 aliphatic heterocycles. The summed E-state index contributed by atoms with van der Waals surface area (Å²) in [5.74, 6) is 1.20. The van der Waals surface area contributed by atoms with Crippen LogP contribution in [0.2, 0.25) is 5.02 Å². The van der Waals surface area contributed by atoms with Gasteiger partial charge in [-0.25, -0.2) is 13.4 Å². The van der Waals surface area contributed by atoms with E-state index in [4.69, 9.17) is 16.6 Å². The van der Waals surface area contributed by atoms with Gasteiger partial charge in [-0.3, -0.25) is 8.93 Å². The minimum atomic E-state index is -4.08. The Hall–Kier alpha value is -4.67. The van der Waals surface area contributed by atoms with Crippen molar-refractivity contribution in [3.8, 4) is 22.5 Å². The van der Waals surface area contributed by atoms with Gasteiger partial charge in [-0.2, -0.15) is 0 Å². The number of nitrogens with zero attached hydrogens (tertiary/aromatic N) is 5. The van der Waals surface area contributed by atoms with Crippen molar-refractivity contribution < 1.29 is 22.3 Å². The third-order valence-corrected chi connectivity index (χ3v) is 15.9. The minimum Gasteiger partial charge on any atom is -0.768 e. The van der Waals surface area contributed by atoms with Crippen molar-refractivity contribution in [3.63, 3.8) is 0 Å². The fourth-order valence-electron chi connectivity index (χ4n) is 8.59. The Morgan fingerprint density at radius 1 is 0.828 bits per heavy atom. The average molecular weight is 939 g/mol. The normalized spacial score (nSPS) is 16.2. The van der Waals surface area contributed by atoms with E-state index in [2.05, 4.69) is 55.8 Å². The number of piperazine rings is 1. The van der Waals surface area contributed by atoms with E-state index >= 15 is 0 Å². The number of piperidine rings is 1. The molecule has 64 heavy (non-hydrogen) atoms. The van der Waals surface area contributed by atoms with E-state index in [0.29, 0.717) is 28.6 Å². The number of aromatic nitrogens is 2. The topological polar surface area (TPSA) is 134 Å². The number of benzene rings is 5. The number of imidazole rings is 1.